The normalized spacial score (nSPS) is 26.4. The van der Waals surface area contributed by atoms with Crippen molar-refractivity contribution >= 4 is 17.3 Å². The fourth-order valence-corrected chi connectivity index (χ4v) is 3.60. The SMILES string of the molecule is CCNC(=NCc1cccs1)N1CCOC(C2CCCO2)C1. The molecular weight excluding hydrogens is 298 g/mol. The van der Waals surface area contributed by atoms with Gasteiger partial charge in [-0.2, -0.15) is 0 Å². The lowest BCUT2D eigenvalue weighted by Gasteiger charge is -2.37. The Morgan fingerprint density at radius 3 is 3.05 bits per heavy atom. The first-order valence-electron chi connectivity index (χ1n) is 8.15. The molecule has 3 heterocycles. The Morgan fingerprint density at radius 2 is 2.32 bits per heavy atom. The van der Waals surface area contributed by atoms with Gasteiger partial charge in [0.1, 0.15) is 6.10 Å². The van der Waals surface area contributed by atoms with E-state index in [9.17, 15) is 0 Å². The van der Waals surface area contributed by atoms with Gasteiger partial charge >= 0.3 is 0 Å². The van der Waals surface area contributed by atoms with E-state index in [4.69, 9.17) is 14.5 Å². The maximum absolute atomic E-state index is 5.92. The molecule has 0 aromatic carbocycles. The van der Waals surface area contributed by atoms with Crippen LogP contribution in [0.15, 0.2) is 22.5 Å². The van der Waals surface area contributed by atoms with Crippen molar-refractivity contribution in [3.63, 3.8) is 0 Å². The van der Waals surface area contributed by atoms with Crippen LogP contribution < -0.4 is 5.32 Å². The summed E-state index contributed by atoms with van der Waals surface area (Å²) < 4.78 is 11.7. The summed E-state index contributed by atoms with van der Waals surface area (Å²) in [6.45, 7) is 7.09. The van der Waals surface area contributed by atoms with Crippen LogP contribution >= 0.6 is 11.3 Å². The molecule has 0 aliphatic carbocycles. The molecule has 6 heteroatoms. The minimum Gasteiger partial charge on any atom is -0.375 e. The highest BCUT2D eigenvalue weighted by Gasteiger charge is 2.32. The first-order chi connectivity index (χ1) is 10.9. The highest BCUT2D eigenvalue weighted by atomic mass is 32.1. The minimum atomic E-state index is 0.168. The van der Waals surface area contributed by atoms with Gasteiger partial charge in [-0.1, -0.05) is 6.07 Å². The summed E-state index contributed by atoms with van der Waals surface area (Å²) in [4.78, 5) is 8.39. The van der Waals surface area contributed by atoms with Crippen LogP contribution in [0.4, 0.5) is 0 Å². The second kappa shape index (κ2) is 7.94. The molecule has 2 saturated heterocycles. The summed E-state index contributed by atoms with van der Waals surface area (Å²) in [5.74, 6) is 0.988. The molecule has 2 fully saturated rings. The van der Waals surface area contributed by atoms with E-state index in [0.717, 1.165) is 58.2 Å². The van der Waals surface area contributed by atoms with E-state index < -0.39 is 0 Å². The highest BCUT2D eigenvalue weighted by Crippen LogP contribution is 2.21. The van der Waals surface area contributed by atoms with Gasteiger partial charge in [0, 0.05) is 31.1 Å². The first kappa shape index (κ1) is 15.8. The maximum Gasteiger partial charge on any atom is 0.194 e. The quantitative estimate of drug-likeness (QED) is 0.681. The number of rotatable bonds is 4. The molecule has 3 rings (SSSR count). The number of aliphatic imine (C=N–C) groups is 1. The highest BCUT2D eigenvalue weighted by molar-refractivity contribution is 7.09. The van der Waals surface area contributed by atoms with Crippen molar-refractivity contribution < 1.29 is 9.47 Å². The topological polar surface area (TPSA) is 46.1 Å². The molecule has 5 nitrogen and oxygen atoms in total. The third-order valence-electron chi connectivity index (χ3n) is 4.07. The van der Waals surface area contributed by atoms with Crippen LogP contribution in [0.3, 0.4) is 0 Å². The predicted molar refractivity (Wildman–Crippen MR) is 89.4 cm³/mol. The summed E-state index contributed by atoms with van der Waals surface area (Å²) in [5, 5.41) is 5.51. The number of morpholine rings is 1. The van der Waals surface area contributed by atoms with Crippen molar-refractivity contribution in [1.82, 2.24) is 10.2 Å². The number of hydrogen-bond donors (Lipinski definition) is 1. The van der Waals surface area contributed by atoms with Gasteiger partial charge in [-0.3, -0.25) is 0 Å². The Morgan fingerprint density at radius 1 is 1.41 bits per heavy atom. The van der Waals surface area contributed by atoms with Gasteiger partial charge in [-0.25, -0.2) is 4.99 Å². The zero-order chi connectivity index (χ0) is 15.2. The summed E-state index contributed by atoms with van der Waals surface area (Å²) in [6, 6.07) is 4.21. The van der Waals surface area contributed by atoms with Crippen molar-refractivity contribution in [2.45, 2.75) is 38.5 Å². The molecule has 0 saturated carbocycles. The smallest absolute Gasteiger partial charge is 0.194 e. The zero-order valence-electron chi connectivity index (χ0n) is 13.2. The second-order valence-corrected chi connectivity index (χ2v) is 6.69. The lowest BCUT2D eigenvalue weighted by molar-refractivity contribution is -0.0817. The molecule has 2 unspecified atom stereocenters. The van der Waals surface area contributed by atoms with Crippen molar-refractivity contribution in [3.05, 3.63) is 22.4 Å². The molecular formula is C16H25N3O2S. The Balaban J connectivity index is 1.63. The van der Waals surface area contributed by atoms with Crippen molar-refractivity contribution in [3.8, 4) is 0 Å². The van der Waals surface area contributed by atoms with Gasteiger partial charge < -0.3 is 19.7 Å². The van der Waals surface area contributed by atoms with Crippen LogP contribution in [-0.2, 0) is 16.0 Å². The molecule has 0 radical (unpaired) electrons. The van der Waals surface area contributed by atoms with Crippen molar-refractivity contribution in [2.24, 2.45) is 4.99 Å². The van der Waals surface area contributed by atoms with E-state index in [1.165, 1.54) is 4.88 Å². The Kier molecular flexibility index (Phi) is 5.70. The predicted octanol–water partition coefficient (Wildman–Crippen LogP) is 2.09. The molecule has 122 valence electrons. The fraction of sp³-hybridized carbons (Fsp3) is 0.688. The van der Waals surface area contributed by atoms with E-state index in [1.807, 2.05) is 0 Å². The van der Waals surface area contributed by atoms with Gasteiger partial charge in [0.05, 0.1) is 19.3 Å². The molecule has 1 N–H and O–H groups in total. The molecule has 2 aliphatic rings. The second-order valence-electron chi connectivity index (χ2n) is 5.66. The van der Waals surface area contributed by atoms with E-state index in [-0.39, 0.29) is 12.2 Å². The number of thiophene rings is 1. The van der Waals surface area contributed by atoms with Crippen LogP contribution in [0.25, 0.3) is 0 Å². The summed E-state index contributed by atoms with van der Waals surface area (Å²) in [7, 11) is 0. The fourth-order valence-electron chi connectivity index (χ4n) is 2.97. The van der Waals surface area contributed by atoms with Crippen LogP contribution in [0.1, 0.15) is 24.6 Å². The van der Waals surface area contributed by atoms with Gasteiger partial charge in [0.25, 0.3) is 0 Å². The lowest BCUT2D eigenvalue weighted by atomic mass is 10.1. The lowest BCUT2D eigenvalue weighted by Crippen LogP contribution is -2.53. The summed E-state index contributed by atoms with van der Waals surface area (Å²) in [5.41, 5.74) is 0. The van der Waals surface area contributed by atoms with Crippen LogP contribution in [0.5, 0.6) is 0 Å². The van der Waals surface area contributed by atoms with Crippen LogP contribution in [0, 0.1) is 0 Å². The van der Waals surface area contributed by atoms with E-state index >= 15 is 0 Å². The van der Waals surface area contributed by atoms with Gasteiger partial charge in [-0.05, 0) is 31.2 Å². The first-order valence-corrected chi connectivity index (χ1v) is 9.03. The molecule has 22 heavy (non-hydrogen) atoms. The van der Waals surface area contributed by atoms with Crippen molar-refractivity contribution in [2.75, 3.05) is 32.8 Å². The standard InChI is InChI=1S/C16H25N3O2S/c1-2-17-16(18-11-13-5-4-10-22-13)19-7-9-21-15(12-19)14-6-3-8-20-14/h4-5,10,14-15H,2-3,6-9,11-12H2,1H3,(H,17,18). The largest absolute Gasteiger partial charge is 0.375 e. The number of hydrogen-bond acceptors (Lipinski definition) is 4. The molecule has 0 amide bonds. The Hall–Kier alpha value is -1.11. The van der Waals surface area contributed by atoms with Crippen LogP contribution in [0.2, 0.25) is 0 Å². The molecule has 0 spiro atoms. The summed E-state index contributed by atoms with van der Waals surface area (Å²) in [6.07, 6.45) is 2.68. The average molecular weight is 323 g/mol. The number of nitrogens with one attached hydrogen (secondary N) is 1. The molecule has 2 aliphatic heterocycles. The van der Waals surface area contributed by atoms with E-state index in [0.29, 0.717) is 0 Å². The number of nitrogens with zero attached hydrogens (tertiary/aromatic N) is 2. The number of guanidine groups is 1. The van der Waals surface area contributed by atoms with E-state index in [2.05, 4.69) is 34.7 Å². The van der Waals surface area contributed by atoms with Crippen LogP contribution in [-0.4, -0.2) is 55.9 Å². The van der Waals surface area contributed by atoms with Gasteiger partial charge in [0.15, 0.2) is 5.96 Å². The Labute approximate surface area is 136 Å². The van der Waals surface area contributed by atoms with Gasteiger partial charge in [-0.15, -0.1) is 11.3 Å². The maximum atomic E-state index is 5.92. The monoisotopic (exact) mass is 323 g/mol. The van der Waals surface area contributed by atoms with Crippen molar-refractivity contribution in [1.29, 1.82) is 0 Å². The third-order valence-corrected chi connectivity index (χ3v) is 4.93. The van der Waals surface area contributed by atoms with Gasteiger partial charge in [0.2, 0.25) is 0 Å². The molecule has 2 atom stereocenters. The summed E-state index contributed by atoms with van der Waals surface area (Å²) >= 11 is 1.75. The van der Waals surface area contributed by atoms with E-state index in [1.54, 1.807) is 11.3 Å². The third kappa shape index (κ3) is 4.00. The zero-order valence-corrected chi connectivity index (χ0v) is 14.0. The minimum absolute atomic E-state index is 0.168. The molecule has 1 aromatic heterocycles. The average Bonchev–Trinajstić information content (AvgIpc) is 3.24. The number of ether oxygens (including phenoxy) is 2. The Bertz CT molecular complexity index is 472. The molecule has 1 aromatic rings. The molecule has 0 bridgehead atoms.